The predicted octanol–water partition coefficient (Wildman–Crippen LogP) is 3.43. The summed E-state index contributed by atoms with van der Waals surface area (Å²) in [4.78, 5) is 6.49. The number of aliphatic hydroxyl groups is 1. The summed E-state index contributed by atoms with van der Waals surface area (Å²) in [7, 11) is 0. The first kappa shape index (κ1) is 20.0. The Kier molecular flexibility index (Phi) is 6.69. The fraction of sp³-hybridized carbons (Fsp3) is 0.421. The number of pyridine rings is 1. The Morgan fingerprint density at radius 2 is 1.80 bits per heavy atom. The molecule has 0 aliphatic carbocycles. The Bertz CT molecular complexity index is 661. The molecule has 0 radical (unpaired) electrons. The number of hydrogen-bond acceptors (Lipinski definition) is 4. The highest BCUT2D eigenvalue weighted by Gasteiger charge is 2.45. The van der Waals surface area contributed by atoms with E-state index in [9.17, 15) is 5.11 Å². The van der Waals surface area contributed by atoms with Crippen LogP contribution in [0.1, 0.15) is 12.8 Å². The van der Waals surface area contributed by atoms with E-state index in [4.69, 9.17) is 4.74 Å². The average molecular weight is 383 g/mol. The molecule has 0 amide bonds. The van der Waals surface area contributed by atoms with Crippen molar-refractivity contribution in [3.8, 4) is 16.9 Å². The number of halogens is 2. The van der Waals surface area contributed by atoms with E-state index < -0.39 is 5.60 Å². The summed E-state index contributed by atoms with van der Waals surface area (Å²) < 4.78 is 5.90. The van der Waals surface area contributed by atoms with Crippen LogP contribution in [-0.2, 0) is 0 Å². The van der Waals surface area contributed by atoms with E-state index in [1.165, 1.54) is 0 Å². The minimum absolute atomic E-state index is 0. The molecular weight excluding hydrogens is 359 g/mol. The molecule has 0 saturated carbocycles. The molecular formula is C19H24Cl2N2O2. The number of nitrogens with zero attached hydrogens (tertiary/aromatic N) is 2. The number of hydrogen-bond donors (Lipinski definition) is 1. The van der Waals surface area contributed by atoms with Crippen LogP contribution in [0, 0.1) is 5.92 Å². The zero-order valence-electron chi connectivity index (χ0n) is 14.0. The van der Waals surface area contributed by atoms with Crippen molar-refractivity contribution in [2.24, 2.45) is 5.92 Å². The third-order valence-electron chi connectivity index (χ3n) is 5.18. The highest BCUT2D eigenvalue weighted by Crippen LogP contribution is 2.36. The molecule has 3 fully saturated rings. The molecule has 3 aliphatic heterocycles. The van der Waals surface area contributed by atoms with Crippen LogP contribution < -0.4 is 4.74 Å². The van der Waals surface area contributed by atoms with Gasteiger partial charge in [-0.05, 0) is 61.2 Å². The summed E-state index contributed by atoms with van der Waals surface area (Å²) in [6.45, 7) is 3.35. The maximum Gasteiger partial charge on any atom is 0.119 e. The SMILES string of the molecule is Cl.Cl.OC1(COc2ccc(-c3cccnc3)cc2)CN2CCC1CC2. The third kappa shape index (κ3) is 4.26. The Morgan fingerprint density at radius 3 is 2.36 bits per heavy atom. The second kappa shape index (κ2) is 8.37. The Balaban J connectivity index is 0.00000113. The van der Waals surface area contributed by atoms with Gasteiger partial charge in [0.2, 0.25) is 0 Å². The van der Waals surface area contributed by atoms with Gasteiger partial charge in [-0.15, -0.1) is 24.8 Å². The van der Waals surface area contributed by atoms with Crippen molar-refractivity contribution in [2.45, 2.75) is 18.4 Å². The van der Waals surface area contributed by atoms with Gasteiger partial charge in [0.25, 0.3) is 0 Å². The topological polar surface area (TPSA) is 45.6 Å². The van der Waals surface area contributed by atoms with Crippen LogP contribution in [0.15, 0.2) is 48.8 Å². The van der Waals surface area contributed by atoms with Gasteiger partial charge in [-0.2, -0.15) is 0 Å². The molecule has 1 atom stereocenters. The predicted molar refractivity (Wildman–Crippen MR) is 104 cm³/mol. The summed E-state index contributed by atoms with van der Waals surface area (Å²) in [6, 6.07) is 12.0. The second-order valence-electron chi connectivity index (χ2n) is 6.71. The number of rotatable bonds is 4. The van der Waals surface area contributed by atoms with Crippen molar-refractivity contribution in [1.29, 1.82) is 0 Å². The largest absolute Gasteiger partial charge is 0.491 e. The molecule has 136 valence electrons. The fourth-order valence-electron chi connectivity index (χ4n) is 3.79. The normalized spacial score (nSPS) is 27.1. The van der Waals surface area contributed by atoms with Gasteiger partial charge in [0, 0.05) is 18.9 Å². The van der Waals surface area contributed by atoms with Crippen molar-refractivity contribution in [3.63, 3.8) is 0 Å². The minimum Gasteiger partial charge on any atom is -0.491 e. The molecule has 1 aromatic heterocycles. The molecule has 6 heteroatoms. The smallest absolute Gasteiger partial charge is 0.119 e. The molecule has 2 bridgehead atoms. The Labute approximate surface area is 161 Å². The Hall–Kier alpha value is -1.33. The van der Waals surface area contributed by atoms with E-state index in [0.717, 1.165) is 49.4 Å². The lowest BCUT2D eigenvalue weighted by molar-refractivity contribution is -0.131. The molecule has 0 spiro atoms. The molecule has 3 saturated heterocycles. The van der Waals surface area contributed by atoms with Gasteiger partial charge in [-0.3, -0.25) is 4.98 Å². The number of fused-ring (bicyclic) bond motifs is 3. The quantitative estimate of drug-likeness (QED) is 0.879. The molecule has 5 rings (SSSR count). The van der Waals surface area contributed by atoms with Gasteiger partial charge in [0.1, 0.15) is 18.0 Å². The highest BCUT2D eigenvalue weighted by molar-refractivity contribution is 5.85. The van der Waals surface area contributed by atoms with Gasteiger partial charge in [0.15, 0.2) is 0 Å². The molecule has 1 unspecified atom stereocenters. The van der Waals surface area contributed by atoms with Crippen molar-refractivity contribution in [2.75, 3.05) is 26.2 Å². The zero-order chi connectivity index (χ0) is 15.7. The van der Waals surface area contributed by atoms with E-state index in [0.29, 0.717) is 12.5 Å². The molecule has 2 aromatic rings. The lowest BCUT2D eigenvalue weighted by atomic mass is 9.76. The molecule has 3 aliphatic rings. The second-order valence-corrected chi connectivity index (χ2v) is 6.71. The van der Waals surface area contributed by atoms with E-state index in [1.807, 2.05) is 42.6 Å². The van der Waals surface area contributed by atoms with Gasteiger partial charge in [0.05, 0.1) is 0 Å². The molecule has 4 heterocycles. The first-order valence-electron chi connectivity index (χ1n) is 8.31. The molecule has 4 nitrogen and oxygen atoms in total. The van der Waals surface area contributed by atoms with Crippen molar-refractivity contribution in [1.82, 2.24) is 9.88 Å². The van der Waals surface area contributed by atoms with Crippen molar-refractivity contribution in [3.05, 3.63) is 48.8 Å². The zero-order valence-corrected chi connectivity index (χ0v) is 15.6. The van der Waals surface area contributed by atoms with Crippen LogP contribution in [0.4, 0.5) is 0 Å². The van der Waals surface area contributed by atoms with E-state index in [-0.39, 0.29) is 24.8 Å². The monoisotopic (exact) mass is 382 g/mol. The first-order valence-corrected chi connectivity index (χ1v) is 8.31. The maximum absolute atomic E-state index is 10.9. The van der Waals surface area contributed by atoms with Crippen molar-refractivity contribution < 1.29 is 9.84 Å². The molecule has 1 aromatic carbocycles. The van der Waals surface area contributed by atoms with E-state index >= 15 is 0 Å². The lowest BCUT2D eigenvalue weighted by Gasteiger charge is -2.50. The maximum atomic E-state index is 10.9. The highest BCUT2D eigenvalue weighted by atomic mass is 35.5. The van der Waals surface area contributed by atoms with Crippen LogP contribution in [0.3, 0.4) is 0 Å². The molecule has 25 heavy (non-hydrogen) atoms. The van der Waals surface area contributed by atoms with E-state index in [1.54, 1.807) is 6.20 Å². The van der Waals surface area contributed by atoms with Gasteiger partial charge < -0.3 is 14.7 Å². The van der Waals surface area contributed by atoms with Gasteiger partial charge in [-0.25, -0.2) is 0 Å². The van der Waals surface area contributed by atoms with E-state index in [2.05, 4.69) is 9.88 Å². The number of aromatic nitrogens is 1. The van der Waals surface area contributed by atoms with Crippen LogP contribution in [0.25, 0.3) is 11.1 Å². The first-order chi connectivity index (χ1) is 11.2. The van der Waals surface area contributed by atoms with Crippen LogP contribution in [0.5, 0.6) is 5.75 Å². The number of ether oxygens (including phenoxy) is 1. The standard InChI is InChI=1S/C19H22N2O2.2ClH/c22-19(13-21-10-7-17(19)8-11-21)14-23-18-5-3-15(4-6-18)16-2-1-9-20-12-16;;/h1-6,9,12,17,22H,7-8,10-11,13-14H2;2*1H. The van der Waals surface area contributed by atoms with Crippen molar-refractivity contribution >= 4 is 24.8 Å². The fourth-order valence-corrected chi connectivity index (χ4v) is 3.79. The summed E-state index contributed by atoms with van der Waals surface area (Å²) >= 11 is 0. The summed E-state index contributed by atoms with van der Waals surface area (Å²) in [5.74, 6) is 1.18. The summed E-state index contributed by atoms with van der Waals surface area (Å²) in [5, 5.41) is 10.9. The van der Waals surface area contributed by atoms with Crippen LogP contribution in [-0.4, -0.2) is 46.8 Å². The summed E-state index contributed by atoms with van der Waals surface area (Å²) in [5.41, 5.74) is 1.51. The van der Waals surface area contributed by atoms with Crippen LogP contribution in [0.2, 0.25) is 0 Å². The van der Waals surface area contributed by atoms with Gasteiger partial charge >= 0.3 is 0 Å². The van der Waals surface area contributed by atoms with Crippen LogP contribution >= 0.6 is 24.8 Å². The number of benzene rings is 1. The summed E-state index contributed by atoms with van der Waals surface area (Å²) in [6.07, 6.45) is 5.79. The minimum atomic E-state index is -0.696. The lowest BCUT2D eigenvalue weighted by Crippen LogP contribution is -2.61. The number of piperidine rings is 3. The van der Waals surface area contributed by atoms with Gasteiger partial charge in [-0.1, -0.05) is 18.2 Å². The Morgan fingerprint density at radius 1 is 1.08 bits per heavy atom. The third-order valence-corrected chi connectivity index (χ3v) is 5.18. The average Bonchev–Trinajstić information content (AvgIpc) is 2.62. The molecule has 1 N–H and O–H groups in total.